The lowest BCUT2D eigenvalue weighted by molar-refractivity contribution is 0.174. The fourth-order valence-electron chi connectivity index (χ4n) is 3.12. The topological polar surface area (TPSA) is 30.9 Å². The van der Waals surface area contributed by atoms with Crippen LogP contribution < -0.4 is 5.32 Å². The molecule has 0 unspecified atom stereocenters. The lowest BCUT2D eigenvalue weighted by Crippen LogP contribution is -2.52. The largest absolute Gasteiger partial charge is 0.356 e. The van der Waals surface area contributed by atoms with E-state index in [2.05, 4.69) is 37.6 Å². The molecule has 27 heavy (non-hydrogen) atoms. The van der Waals surface area contributed by atoms with E-state index in [1.165, 1.54) is 10.9 Å². The first-order valence-electron chi connectivity index (χ1n) is 8.80. The van der Waals surface area contributed by atoms with Crippen LogP contribution >= 0.6 is 35.3 Å². The number of hydrogen-bond donors (Lipinski definition) is 1. The summed E-state index contributed by atoms with van der Waals surface area (Å²) in [6.45, 7) is 5.28. The number of nitrogens with one attached hydrogen (secondary N) is 1. The van der Waals surface area contributed by atoms with Gasteiger partial charge < -0.3 is 10.2 Å². The molecule has 1 fully saturated rings. The molecule has 4 nitrogen and oxygen atoms in total. The standard InChI is InChI=1S/C19H24F2N4S.HI/c1-22-19(23-8-7-15-4-2-6-17(20)18(15)21)25-11-9-24(10-12-25)14-16-5-3-13-26-16;/h2-6,13H,7-12,14H2,1H3,(H,22,23);1H. The predicted octanol–water partition coefficient (Wildman–Crippen LogP) is 3.58. The van der Waals surface area contributed by atoms with E-state index in [0.717, 1.165) is 44.7 Å². The van der Waals surface area contributed by atoms with Crippen molar-refractivity contribution in [3.8, 4) is 0 Å². The molecule has 2 aromatic rings. The summed E-state index contributed by atoms with van der Waals surface area (Å²) in [6, 6.07) is 8.55. The van der Waals surface area contributed by atoms with Crippen molar-refractivity contribution in [2.24, 2.45) is 4.99 Å². The third-order valence-corrected chi connectivity index (χ3v) is 5.41. The Bertz CT molecular complexity index is 731. The summed E-state index contributed by atoms with van der Waals surface area (Å²) in [5, 5.41) is 5.37. The second-order valence-corrected chi connectivity index (χ2v) is 7.31. The summed E-state index contributed by atoms with van der Waals surface area (Å²) < 4.78 is 27.0. The average molecular weight is 506 g/mol. The van der Waals surface area contributed by atoms with Crippen molar-refractivity contribution in [2.75, 3.05) is 39.8 Å². The molecule has 0 spiro atoms. The van der Waals surface area contributed by atoms with Crippen molar-refractivity contribution < 1.29 is 8.78 Å². The van der Waals surface area contributed by atoms with Crippen LogP contribution in [0, 0.1) is 11.6 Å². The normalized spacial score (nSPS) is 15.5. The molecule has 3 rings (SSSR count). The molecule has 0 bridgehead atoms. The van der Waals surface area contributed by atoms with E-state index < -0.39 is 11.6 Å². The summed E-state index contributed by atoms with van der Waals surface area (Å²) in [7, 11) is 1.75. The van der Waals surface area contributed by atoms with Gasteiger partial charge in [-0.3, -0.25) is 9.89 Å². The number of guanidine groups is 1. The van der Waals surface area contributed by atoms with Gasteiger partial charge in [0.2, 0.25) is 0 Å². The van der Waals surface area contributed by atoms with Crippen LogP contribution in [-0.2, 0) is 13.0 Å². The van der Waals surface area contributed by atoms with E-state index >= 15 is 0 Å². The first-order valence-corrected chi connectivity index (χ1v) is 9.68. The smallest absolute Gasteiger partial charge is 0.193 e. The highest BCUT2D eigenvalue weighted by atomic mass is 127. The Morgan fingerprint density at radius 2 is 1.93 bits per heavy atom. The van der Waals surface area contributed by atoms with Crippen LogP contribution in [0.2, 0.25) is 0 Å². The summed E-state index contributed by atoms with van der Waals surface area (Å²) >= 11 is 1.79. The molecule has 2 heterocycles. The number of aliphatic imine (C=N–C) groups is 1. The van der Waals surface area contributed by atoms with E-state index in [4.69, 9.17) is 0 Å². The molecule has 0 amide bonds. The van der Waals surface area contributed by atoms with Crippen LogP contribution in [0.5, 0.6) is 0 Å². The third kappa shape index (κ3) is 6.11. The van der Waals surface area contributed by atoms with Crippen LogP contribution in [0.25, 0.3) is 0 Å². The number of nitrogens with zero attached hydrogens (tertiary/aromatic N) is 3. The van der Waals surface area contributed by atoms with E-state index in [0.29, 0.717) is 18.5 Å². The second kappa shape index (κ2) is 10.9. The van der Waals surface area contributed by atoms with Crippen molar-refractivity contribution in [1.82, 2.24) is 15.1 Å². The first kappa shape index (κ1) is 22.0. The Balaban J connectivity index is 0.00000261. The Morgan fingerprint density at radius 1 is 1.15 bits per heavy atom. The molecular weight excluding hydrogens is 481 g/mol. The summed E-state index contributed by atoms with van der Waals surface area (Å²) in [5.41, 5.74) is 0.383. The van der Waals surface area contributed by atoms with Crippen molar-refractivity contribution in [1.29, 1.82) is 0 Å². The molecule has 0 aliphatic carbocycles. The molecular formula is C19H25F2IN4S. The number of piperazine rings is 1. The summed E-state index contributed by atoms with van der Waals surface area (Å²) in [4.78, 5) is 10.4. The zero-order valence-corrected chi connectivity index (χ0v) is 18.5. The maximum atomic E-state index is 13.7. The van der Waals surface area contributed by atoms with Crippen LogP contribution in [0.4, 0.5) is 8.78 Å². The summed E-state index contributed by atoms with van der Waals surface area (Å²) in [5.74, 6) is -0.738. The van der Waals surface area contributed by atoms with Crippen LogP contribution in [-0.4, -0.2) is 55.5 Å². The second-order valence-electron chi connectivity index (χ2n) is 6.28. The quantitative estimate of drug-likeness (QED) is 0.382. The van der Waals surface area contributed by atoms with Gasteiger partial charge in [0.15, 0.2) is 17.6 Å². The van der Waals surface area contributed by atoms with E-state index in [-0.39, 0.29) is 24.0 Å². The molecule has 1 aliphatic rings. The predicted molar refractivity (Wildman–Crippen MR) is 118 cm³/mol. The number of benzene rings is 1. The molecule has 1 aromatic carbocycles. The van der Waals surface area contributed by atoms with Gasteiger partial charge in [-0.25, -0.2) is 8.78 Å². The van der Waals surface area contributed by atoms with Crippen molar-refractivity contribution in [3.63, 3.8) is 0 Å². The Kier molecular flexibility index (Phi) is 8.91. The molecule has 1 aromatic heterocycles. The van der Waals surface area contributed by atoms with Gasteiger partial charge in [0.1, 0.15) is 0 Å². The fourth-order valence-corrected chi connectivity index (χ4v) is 3.87. The molecule has 148 valence electrons. The van der Waals surface area contributed by atoms with Gasteiger partial charge in [0.25, 0.3) is 0 Å². The van der Waals surface area contributed by atoms with Crippen molar-refractivity contribution in [2.45, 2.75) is 13.0 Å². The maximum Gasteiger partial charge on any atom is 0.193 e. The van der Waals surface area contributed by atoms with Crippen LogP contribution in [0.1, 0.15) is 10.4 Å². The SMILES string of the molecule is CN=C(NCCc1cccc(F)c1F)N1CCN(Cc2cccs2)CC1.I. The van der Waals surface area contributed by atoms with Gasteiger partial charge in [-0.15, -0.1) is 35.3 Å². The minimum atomic E-state index is -0.797. The molecule has 1 aliphatic heterocycles. The minimum Gasteiger partial charge on any atom is -0.356 e. The van der Waals surface area contributed by atoms with Gasteiger partial charge >= 0.3 is 0 Å². The van der Waals surface area contributed by atoms with E-state index in [1.54, 1.807) is 24.5 Å². The molecule has 1 saturated heterocycles. The lowest BCUT2D eigenvalue weighted by atomic mass is 10.1. The molecule has 0 atom stereocenters. The Labute approximate surface area is 180 Å². The van der Waals surface area contributed by atoms with Crippen molar-refractivity contribution in [3.05, 3.63) is 57.8 Å². The zero-order valence-electron chi connectivity index (χ0n) is 15.3. The highest BCUT2D eigenvalue weighted by molar-refractivity contribution is 14.0. The van der Waals surface area contributed by atoms with Crippen molar-refractivity contribution >= 4 is 41.3 Å². The highest BCUT2D eigenvalue weighted by Gasteiger charge is 2.19. The number of thiophene rings is 1. The van der Waals surface area contributed by atoms with Crippen LogP contribution in [0.15, 0.2) is 40.7 Å². The van der Waals surface area contributed by atoms with Gasteiger partial charge in [-0.1, -0.05) is 18.2 Å². The molecule has 0 saturated carbocycles. The number of halogens is 3. The lowest BCUT2D eigenvalue weighted by Gasteiger charge is -2.36. The fraction of sp³-hybridized carbons (Fsp3) is 0.421. The van der Waals surface area contributed by atoms with Crippen LogP contribution in [0.3, 0.4) is 0 Å². The molecule has 0 radical (unpaired) electrons. The minimum absolute atomic E-state index is 0. The average Bonchev–Trinajstić information content (AvgIpc) is 3.16. The van der Waals surface area contributed by atoms with Gasteiger partial charge in [-0.2, -0.15) is 0 Å². The molecule has 8 heteroatoms. The van der Waals surface area contributed by atoms with Gasteiger partial charge in [0.05, 0.1) is 0 Å². The third-order valence-electron chi connectivity index (χ3n) is 4.55. The maximum absolute atomic E-state index is 13.7. The Morgan fingerprint density at radius 3 is 2.59 bits per heavy atom. The Hall–Kier alpha value is -1.26. The number of rotatable bonds is 5. The monoisotopic (exact) mass is 506 g/mol. The van der Waals surface area contributed by atoms with Gasteiger partial charge in [0, 0.05) is 51.2 Å². The first-order chi connectivity index (χ1) is 12.7. The molecule has 1 N–H and O–H groups in total. The van der Waals surface area contributed by atoms with Gasteiger partial charge in [-0.05, 0) is 29.5 Å². The van der Waals surface area contributed by atoms with E-state index in [1.807, 2.05) is 0 Å². The summed E-state index contributed by atoms with van der Waals surface area (Å²) in [6.07, 6.45) is 0.418. The van der Waals surface area contributed by atoms with E-state index in [9.17, 15) is 8.78 Å². The highest BCUT2D eigenvalue weighted by Crippen LogP contribution is 2.14. The number of hydrogen-bond acceptors (Lipinski definition) is 3. The zero-order chi connectivity index (χ0) is 18.4.